The maximum atomic E-state index is 5.73. The Bertz CT molecular complexity index is 838. The largest absolute Gasteiger partial charge is 0.376 e. The monoisotopic (exact) mass is 336 g/mol. The van der Waals surface area contributed by atoms with Crippen molar-refractivity contribution in [3.8, 4) is 11.1 Å². The Morgan fingerprint density at radius 2 is 2.16 bits per heavy atom. The highest BCUT2D eigenvalue weighted by Crippen LogP contribution is 2.26. The third-order valence-corrected chi connectivity index (χ3v) is 4.65. The van der Waals surface area contributed by atoms with E-state index < -0.39 is 0 Å². The molecule has 1 aliphatic heterocycles. The molecule has 1 saturated heterocycles. The zero-order chi connectivity index (χ0) is 17.1. The first kappa shape index (κ1) is 16.1. The van der Waals surface area contributed by atoms with Crippen molar-refractivity contribution in [3.63, 3.8) is 0 Å². The number of nitrogens with one attached hydrogen (secondary N) is 1. The summed E-state index contributed by atoms with van der Waals surface area (Å²) < 4.78 is 7.64. The summed E-state index contributed by atoms with van der Waals surface area (Å²) in [5.41, 5.74) is 4.22. The number of aryl methyl sites for hydroxylation is 1. The van der Waals surface area contributed by atoms with Crippen molar-refractivity contribution < 1.29 is 4.74 Å². The molecule has 4 rings (SSSR count). The average Bonchev–Trinajstić information content (AvgIpc) is 3.30. The third kappa shape index (κ3) is 3.37. The molecule has 0 spiro atoms. The molecule has 0 amide bonds. The molecule has 2 aromatic heterocycles. The molecule has 0 radical (unpaired) electrons. The second-order valence-corrected chi connectivity index (χ2v) is 6.56. The lowest BCUT2D eigenvalue weighted by Crippen LogP contribution is -2.20. The topological polar surface area (TPSA) is 51.5 Å². The highest BCUT2D eigenvalue weighted by molar-refractivity contribution is 5.78. The molecule has 1 aromatic carbocycles. The van der Waals surface area contributed by atoms with Crippen molar-refractivity contribution in [2.75, 3.05) is 18.5 Å². The number of fused-ring (bicyclic) bond motifs is 1. The van der Waals surface area contributed by atoms with Crippen molar-refractivity contribution in [2.45, 2.75) is 38.7 Å². The minimum absolute atomic E-state index is 0.294. The van der Waals surface area contributed by atoms with E-state index in [2.05, 4.69) is 35.5 Å². The summed E-state index contributed by atoms with van der Waals surface area (Å²) in [6.07, 6.45) is 6.51. The smallest absolute Gasteiger partial charge is 0.165 e. The van der Waals surface area contributed by atoms with Gasteiger partial charge in [0, 0.05) is 30.5 Å². The predicted molar refractivity (Wildman–Crippen MR) is 99.9 cm³/mol. The molecule has 1 fully saturated rings. The van der Waals surface area contributed by atoms with Crippen molar-refractivity contribution in [1.29, 1.82) is 0 Å². The van der Waals surface area contributed by atoms with Crippen LogP contribution in [0.25, 0.3) is 16.8 Å². The highest BCUT2D eigenvalue weighted by atomic mass is 16.5. The van der Waals surface area contributed by atoms with Crippen LogP contribution in [0.3, 0.4) is 0 Å². The fourth-order valence-electron chi connectivity index (χ4n) is 3.37. The summed E-state index contributed by atoms with van der Waals surface area (Å²) in [5, 5.41) is 8.12. The number of ether oxygens (including phenoxy) is 1. The normalized spacial score (nSPS) is 17.2. The van der Waals surface area contributed by atoms with Crippen LogP contribution in [-0.4, -0.2) is 33.9 Å². The fraction of sp³-hybridized carbons (Fsp3) is 0.400. The average molecular weight is 336 g/mol. The van der Waals surface area contributed by atoms with Crippen LogP contribution in [0.1, 0.15) is 31.9 Å². The Morgan fingerprint density at radius 3 is 2.92 bits per heavy atom. The molecule has 0 bridgehead atoms. The Morgan fingerprint density at radius 1 is 1.28 bits per heavy atom. The molecule has 0 aliphatic carbocycles. The molecular weight excluding hydrogens is 312 g/mol. The molecule has 130 valence electrons. The number of anilines is 1. The van der Waals surface area contributed by atoms with Gasteiger partial charge >= 0.3 is 0 Å². The standard InChI is InChI=1S/C20H24N4O/c1-2-7-16-12-19(21-13-17-10-6-11-25-17)24-20(23-16)18(14-22-24)15-8-4-3-5-9-15/h3-5,8-9,12,14,17,21H,2,6-7,10-11,13H2,1H3. The van der Waals surface area contributed by atoms with Crippen LogP contribution in [-0.2, 0) is 11.2 Å². The number of hydrogen-bond acceptors (Lipinski definition) is 4. The Hall–Kier alpha value is -2.40. The van der Waals surface area contributed by atoms with E-state index in [0.717, 1.165) is 67.1 Å². The summed E-state index contributed by atoms with van der Waals surface area (Å²) in [5.74, 6) is 0.992. The van der Waals surface area contributed by atoms with Gasteiger partial charge in [0.15, 0.2) is 5.65 Å². The molecule has 1 N–H and O–H groups in total. The second kappa shape index (κ2) is 7.23. The van der Waals surface area contributed by atoms with E-state index in [-0.39, 0.29) is 0 Å². The van der Waals surface area contributed by atoms with Crippen molar-refractivity contribution in [2.24, 2.45) is 0 Å². The van der Waals surface area contributed by atoms with Crippen LogP contribution in [0.4, 0.5) is 5.82 Å². The van der Waals surface area contributed by atoms with Crippen LogP contribution in [0.5, 0.6) is 0 Å². The first-order valence-corrected chi connectivity index (χ1v) is 9.13. The Kier molecular flexibility index (Phi) is 4.65. The van der Waals surface area contributed by atoms with E-state index >= 15 is 0 Å². The number of rotatable bonds is 6. The summed E-state index contributed by atoms with van der Waals surface area (Å²) in [6, 6.07) is 12.4. The minimum Gasteiger partial charge on any atom is -0.376 e. The quantitative estimate of drug-likeness (QED) is 0.741. The summed E-state index contributed by atoms with van der Waals surface area (Å²) in [4.78, 5) is 4.87. The highest BCUT2D eigenvalue weighted by Gasteiger charge is 2.17. The van der Waals surface area contributed by atoms with Gasteiger partial charge in [-0.1, -0.05) is 43.7 Å². The van der Waals surface area contributed by atoms with Crippen molar-refractivity contribution in [3.05, 3.63) is 48.3 Å². The Labute approximate surface area is 148 Å². The molecule has 1 aliphatic rings. The SMILES string of the molecule is CCCc1cc(NCC2CCCO2)n2ncc(-c3ccccc3)c2n1. The van der Waals surface area contributed by atoms with Gasteiger partial charge in [-0.3, -0.25) is 0 Å². The van der Waals surface area contributed by atoms with Crippen LogP contribution in [0, 0.1) is 0 Å². The van der Waals surface area contributed by atoms with Gasteiger partial charge in [0.1, 0.15) is 5.82 Å². The maximum absolute atomic E-state index is 5.73. The molecule has 1 unspecified atom stereocenters. The lowest BCUT2D eigenvalue weighted by atomic mass is 10.1. The van der Waals surface area contributed by atoms with Gasteiger partial charge in [-0.2, -0.15) is 9.61 Å². The molecule has 0 saturated carbocycles. The van der Waals surface area contributed by atoms with Gasteiger partial charge < -0.3 is 10.1 Å². The van der Waals surface area contributed by atoms with Crippen LogP contribution in [0.15, 0.2) is 42.6 Å². The van der Waals surface area contributed by atoms with Crippen LogP contribution in [0.2, 0.25) is 0 Å². The van der Waals surface area contributed by atoms with Crippen LogP contribution >= 0.6 is 0 Å². The van der Waals surface area contributed by atoms with Crippen LogP contribution < -0.4 is 5.32 Å². The lowest BCUT2D eigenvalue weighted by molar-refractivity contribution is 0.120. The van der Waals surface area contributed by atoms with E-state index in [1.807, 2.05) is 28.9 Å². The van der Waals surface area contributed by atoms with Gasteiger partial charge in [-0.05, 0) is 24.8 Å². The van der Waals surface area contributed by atoms with Gasteiger partial charge in [-0.25, -0.2) is 4.98 Å². The van der Waals surface area contributed by atoms with E-state index in [4.69, 9.17) is 9.72 Å². The van der Waals surface area contributed by atoms with Crippen molar-refractivity contribution in [1.82, 2.24) is 14.6 Å². The van der Waals surface area contributed by atoms with E-state index in [1.54, 1.807) is 0 Å². The first-order chi connectivity index (χ1) is 12.3. The zero-order valence-electron chi connectivity index (χ0n) is 14.6. The Balaban J connectivity index is 1.72. The van der Waals surface area contributed by atoms with E-state index in [1.165, 1.54) is 0 Å². The number of hydrogen-bond donors (Lipinski definition) is 1. The van der Waals surface area contributed by atoms with E-state index in [9.17, 15) is 0 Å². The molecule has 5 heteroatoms. The van der Waals surface area contributed by atoms with Crippen molar-refractivity contribution >= 4 is 11.5 Å². The van der Waals surface area contributed by atoms with E-state index in [0.29, 0.717) is 6.10 Å². The fourth-order valence-corrected chi connectivity index (χ4v) is 3.37. The third-order valence-electron chi connectivity index (χ3n) is 4.65. The molecule has 3 aromatic rings. The van der Waals surface area contributed by atoms with Gasteiger partial charge in [-0.15, -0.1) is 0 Å². The molecule has 3 heterocycles. The number of benzene rings is 1. The molecular formula is C20H24N4O. The predicted octanol–water partition coefficient (Wildman–Crippen LogP) is 3.94. The summed E-state index contributed by atoms with van der Waals surface area (Å²) >= 11 is 0. The first-order valence-electron chi connectivity index (χ1n) is 9.13. The summed E-state index contributed by atoms with van der Waals surface area (Å²) in [6.45, 7) is 3.87. The molecule has 1 atom stereocenters. The minimum atomic E-state index is 0.294. The van der Waals surface area contributed by atoms with Gasteiger partial charge in [0.2, 0.25) is 0 Å². The maximum Gasteiger partial charge on any atom is 0.165 e. The van der Waals surface area contributed by atoms with Gasteiger partial charge in [0.25, 0.3) is 0 Å². The summed E-state index contributed by atoms with van der Waals surface area (Å²) in [7, 11) is 0. The molecule has 25 heavy (non-hydrogen) atoms. The molecule has 5 nitrogen and oxygen atoms in total. The number of aromatic nitrogens is 3. The second-order valence-electron chi connectivity index (χ2n) is 6.56. The van der Waals surface area contributed by atoms with Gasteiger partial charge in [0.05, 0.1) is 12.3 Å². The zero-order valence-corrected chi connectivity index (χ0v) is 14.6. The lowest BCUT2D eigenvalue weighted by Gasteiger charge is -2.14. The number of nitrogens with zero attached hydrogens (tertiary/aromatic N) is 3.